The summed E-state index contributed by atoms with van der Waals surface area (Å²) in [7, 11) is 0. The van der Waals surface area contributed by atoms with Crippen LogP contribution in [0.4, 0.5) is 4.39 Å². The molecule has 1 aliphatic rings. The van der Waals surface area contributed by atoms with E-state index in [1.54, 1.807) is 12.1 Å². The zero-order valence-corrected chi connectivity index (χ0v) is 16.5. The van der Waals surface area contributed by atoms with Gasteiger partial charge in [-0.2, -0.15) is 0 Å². The number of benzene rings is 1. The monoisotopic (exact) mass is 401 g/mol. The summed E-state index contributed by atoms with van der Waals surface area (Å²) in [6.45, 7) is 4.61. The molecule has 0 saturated carbocycles. The van der Waals surface area contributed by atoms with Gasteiger partial charge in [-0.25, -0.2) is 9.37 Å². The normalized spacial score (nSPS) is 16.5. The molecule has 28 heavy (non-hydrogen) atoms. The lowest BCUT2D eigenvalue weighted by atomic mass is 10.1. The van der Waals surface area contributed by atoms with Crippen LogP contribution in [-0.2, 0) is 6.61 Å². The number of likely N-dealkylation sites (tertiary alicyclic amines) is 1. The molecule has 3 heterocycles. The fourth-order valence-corrected chi connectivity index (χ4v) is 4.30. The molecule has 0 unspecified atom stereocenters. The van der Waals surface area contributed by atoms with Crippen molar-refractivity contribution in [2.24, 2.45) is 0 Å². The summed E-state index contributed by atoms with van der Waals surface area (Å²) in [6.07, 6.45) is 1.79. The van der Waals surface area contributed by atoms with E-state index in [1.165, 1.54) is 23.5 Å². The molecule has 6 nitrogen and oxygen atoms in total. The predicted molar refractivity (Wildman–Crippen MR) is 102 cm³/mol. The largest absolute Gasteiger partial charge is 0.486 e. The molecule has 8 heteroatoms. The molecule has 0 radical (unpaired) electrons. The number of carbonyl (C=O) groups excluding carboxylic acids is 1. The van der Waals surface area contributed by atoms with E-state index >= 15 is 0 Å². The molecule has 1 aliphatic heterocycles. The van der Waals surface area contributed by atoms with Gasteiger partial charge >= 0.3 is 0 Å². The van der Waals surface area contributed by atoms with Crippen LogP contribution in [0.2, 0.25) is 0 Å². The van der Waals surface area contributed by atoms with Gasteiger partial charge in [-0.1, -0.05) is 5.16 Å². The Morgan fingerprint density at radius 2 is 2.14 bits per heavy atom. The maximum Gasteiger partial charge on any atom is 0.266 e. The number of nitrogens with zero attached hydrogens (tertiary/aromatic N) is 3. The van der Waals surface area contributed by atoms with Crippen LogP contribution in [0.5, 0.6) is 5.75 Å². The average Bonchev–Trinajstić information content (AvgIpc) is 3.40. The number of rotatable bonds is 5. The van der Waals surface area contributed by atoms with Gasteiger partial charge in [-0.3, -0.25) is 4.79 Å². The van der Waals surface area contributed by atoms with Gasteiger partial charge in [0.2, 0.25) is 0 Å². The molecule has 1 atom stereocenters. The van der Waals surface area contributed by atoms with Gasteiger partial charge in [0, 0.05) is 12.6 Å². The van der Waals surface area contributed by atoms with Crippen LogP contribution in [0.15, 0.2) is 34.9 Å². The predicted octanol–water partition coefficient (Wildman–Crippen LogP) is 4.44. The SMILES string of the molecule is Cc1cc([C@@H]2CCCN2C(=O)c2sc(COc3ccc(F)cc3)nc2C)on1. The fraction of sp³-hybridized carbons (Fsp3) is 0.350. The molecule has 4 rings (SSSR count). The first-order valence-electron chi connectivity index (χ1n) is 9.10. The highest BCUT2D eigenvalue weighted by Gasteiger charge is 2.34. The number of carbonyl (C=O) groups is 1. The van der Waals surface area contributed by atoms with Gasteiger partial charge in [-0.05, 0) is 51.0 Å². The third kappa shape index (κ3) is 3.77. The molecule has 1 aromatic carbocycles. The van der Waals surface area contributed by atoms with Crippen molar-refractivity contribution in [1.29, 1.82) is 0 Å². The highest BCUT2D eigenvalue weighted by Crippen LogP contribution is 2.35. The number of amides is 1. The van der Waals surface area contributed by atoms with Crippen LogP contribution >= 0.6 is 11.3 Å². The van der Waals surface area contributed by atoms with Crippen molar-refractivity contribution in [2.75, 3.05) is 6.54 Å². The van der Waals surface area contributed by atoms with Crippen LogP contribution in [-0.4, -0.2) is 27.5 Å². The van der Waals surface area contributed by atoms with Gasteiger partial charge in [0.15, 0.2) is 5.76 Å². The van der Waals surface area contributed by atoms with Gasteiger partial charge in [0.1, 0.15) is 28.1 Å². The number of aryl methyl sites for hydroxylation is 2. The maximum atomic E-state index is 13.1. The minimum atomic E-state index is -0.313. The van der Waals surface area contributed by atoms with E-state index < -0.39 is 0 Å². The quantitative estimate of drug-likeness (QED) is 0.632. The molecular formula is C20H20FN3O3S. The molecule has 2 aromatic heterocycles. The molecule has 1 amide bonds. The van der Waals surface area contributed by atoms with Crippen molar-refractivity contribution in [1.82, 2.24) is 15.0 Å². The minimum Gasteiger partial charge on any atom is -0.486 e. The molecule has 3 aromatic rings. The smallest absolute Gasteiger partial charge is 0.266 e. The number of hydrogen-bond acceptors (Lipinski definition) is 6. The Kier molecular flexibility index (Phi) is 5.13. The third-order valence-corrected chi connectivity index (χ3v) is 5.82. The number of thiazole rings is 1. The summed E-state index contributed by atoms with van der Waals surface area (Å²) >= 11 is 1.33. The van der Waals surface area contributed by atoms with Gasteiger partial charge in [-0.15, -0.1) is 11.3 Å². The number of aromatic nitrogens is 2. The van der Waals surface area contributed by atoms with E-state index in [1.807, 2.05) is 24.8 Å². The van der Waals surface area contributed by atoms with Gasteiger partial charge in [0.25, 0.3) is 5.91 Å². The number of hydrogen-bond donors (Lipinski definition) is 0. The lowest BCUT2D eigenvalue weighted by Crippen LogP contribution is -2.30. The molecule has 1 saturated heterocycles. The first-order chi connectivity index (χ1) is 13.5. The first kappa shape index (κ1) is 18.6. The zero-order valence-electron chi connectivity index (χ0n) is 15.6. The van der Waals surface area contributed by atoms with E-state index in [0.717, 1.165) is 24.3 Å². The lowest BCUT2D eigenvalue weighted by Gasteiger charge is -2.22. The maximum absolute atomic E-state index is 13.1. The third-order valence-electron chi connectivity index (χ3n) is 4.70. The van der Waals surface area contributed by atoms with E-state index in [-0.39, 0.29) is 24.4 Å². The minimum absolute atomic E-state index is 0.0421. The van der Waals surface area contributed by atoms with Crippen molar-refractivity contribution >= 4 is 17.2 Å². The van der Waals surface area contributed by atoms with Crippen molar-refractivity contribution in [3.63, 3.8) is 0 Å². The number of halogens is 1. The van der Waals surface area contributed by atoms with Crippen molar-refractivity contribution in [3.8, 4) is 5.75 Å². The molecular weight excluding hydrogens is 381 g/mol. The summed E-state index contributed by atoms with van der Waals surface area (Å²) in [5.41, 5.74) is 1.50. The van der Waals surface area contributed by atoms with E-state index in [0.29, 0.717) is 27.9 Å². The summed E-state index contributed by atoms with van der Waals surface area (Å²) in [5.74, 6) is 0.930. The Hall–Kier alpha value is -2.74. The standard InChI is InChI=1S/C20H20FN3O3S/c1-12-10-17(27-23-12)16-4-3-9-24(16)20(25)19-13(2)22-18(28-19)11-26-15-7-5-14(21)6-8-15/h5-8,10,16H,3-4,9,11H2,1-2H3/t16-/m0/s1. The zero-order chi connectivity index (χ0) is 19.7. The van der Waals surface area contributed by atoms with Crippen molar-refractivity contribution in [2.45, 2.75) is 39.3 Å². The molecule has 0 N–H and O–H groups in total. The Morgan fingerprint density at radius 3 is 2.86 bits per heavy atom. The summed E-state index contributed by atoms with van der Waals surface area (Å²) < 4.78 is 24.0. The molecule has 146 valence electrons. The highest BCUT2D eigenvalue weighted by atomic mass is 32.1. The van der Waals surface area contributed by atoms with Crippen LogP contribution in [0.25, 0.3) is 0 Å². The second-order valence-electron chi connectivity index (χ2n) is 6.79. The summed E-state index contributed by atoms with van der Waals surface area (Å²) in [5, 5.41) is 4.65. The van der Waals surface area contributed by atoms with Crippen LogP contribution < -0.4 is 4.74 Å². The first-order valence-corrected chi connectivity index (χ1v) is 9.92. The second kappa shape index (κ2) is 7.71. The Labute approximate surface area is 165 Å². The summed E-state index contributed by atoms with van der Waals surface area (Å²) in [4.78, 5) is 20.1. The topological polar surface area (TPSA) is 68.5 Å². The van der Waals surface area contributed by atoms with Gasteiger partial charge in [0.05, 0.1) is 17.4 Å². The van der Waals surface area contributed by atoms with Crippen LogP contribution in [0.3, 0.4) is 0 Å². The molecule has 1 fully saturated rings. The number of ether oxygens (including phenoxy) is 1. The van der Waals surface area contributed by atoms with Crippen molar-refractivity contribution in [3.05, 3.63) is 63.2 Å². The van der Waals surface area contributed by atoms with Crippen LogP contribution in [0, 0.1) is 19.7 Å². The Balaban J connectivity index is 1.47. The Bertz CT molecular complexity index is 983. The van der Waals surface area contributed by atoms with Gasteiger partial charge < -0.3 is 14.2 Å². The fourth-order valence-electron chi connectivity index (χ4n) is 3.36. The van der Waals surface area contributed by atoms with E-state index in [2.05, 4.69) is 10.1 Å². The van der Waals surface area contributed by atoms with E-state index in [4.69, 9.17) is 9.26 Å². The lowest BCUT2D eigenvalue weighted by molar-refractivity contribution is 0.0718. The second-order valence-corrected chi connectivity index (χ2v) is 7.88. The summed E-state index contributed by atoms with van der Waals surface area (Å²) in [6, 6.07) is 7.62. The Morgan fingerprint density at radius 1 is 1.36 bits per heavy atom. The average molecular weight is 401 g/mol. The highest BCUT2D eigenvalue weighted by molar-refractivity contribution is 7.13. The molecule has 0 spiro atoms. The van der Waals surface area contributed by atoms with Crippen molar-refractivity contribution < 1.29 is 18.4 Å². The molecule has 0 bridgehead atoms. The van der Waals surface area contributed by atoms with E-state index in [9.17, 15) is 9.18 Å². The molecule has 0 aliphatic carbocycles. The van der Waals surface area contributed by atoms with Crippen LogP contribution in [0.1, 0.15) is 50.7 Å².